The number of H-pyrrole nitrogens is 1. The molecule has 2 heterocycles. The van der Waals surface area contributed by atoms with Gasteiger partial charge in [0.15, 0.2) is 0 Å². The molecule has 1 aromatic carbocycles. The zero-order valence-electron chi connectivity index (χ0n) is 10.5. The molecule has 1 saturated heterocycles. The minimum absolute atomic E-state index is 0.393. The monoisotopic (exact) mass is 241 g/mol. The van der Waals surface area contributed by atoms with E-state index in [-0.39, 0.29) is 0 Å². The minimum atomic E-state index is 0.393. The van der Waals surface area contributed by atoms with Gasteiger partial charge in [0.05, 0.1) is 17.9 Å². The van der Waals surface area contributed by atoms with Crippen molar-refractivity contribution in [1.82, 2.24) is 15.3 Å². The highest BCUT2D eigenvalue weighted by molar-refractivity contribution is 5.58. The van der Waals surface area contributed by atoms with E-state index < -0.39 is 0 Å². The molecule has 3 rings (SSSR count). The molecule has 0 spiro atoms. The Morgan fingerprint density at radius 2 is 1.94 bits per heavy atom. The summed E-state index contributed by atoms with van der Waals surface area (Å²) in [7, 11) is 0. The van der Waals surface area contributed by atoms with Gasteiger partial charge in [-0.05, 0) is 24.9 Å². The summed E-state index contributed by atoms with van der Waals surface area (Å²) in [4.78, 5) is 7.99. The third-order valence-electron chi connectivity index (χ3n) is 3.57. The van der Waals surface area contributed by atoms with Crippen LogP contribution in [0.25, 0.3) is 11.3 Å². The van der Waals surface area contributed by atoms with Gasteiger partial charge in [0.2, 0.25) is 0 Å². The van der Waals surface area contributed by atoms with Gasteiger partial charge in [0.1, 0.15) is 5.82 Å². The number of aromatic amines is 1. The number of nitrogens with zero attached hydrogens (tertiary/aromatic N) is 1. The van der Waals surface area contributed by atoms with Crippen LogP contribution in [-0.2, 0) is 0 Å². The molecular weight excluding hydrogens is 222 g/mol. The Bertz CT molecular complexity index is 481. The Hall–Kier alpha value is -1.61. The quantitative estimate of drug-likeness (QED) is 0.847. The first-order valence-electron chi connectivity index (χ1n) is 6.77. The van der Waals surface area contributed by atoms with Crippen LogP contribution in [0, 0.1) is 0 Å². The highest BCUT2D eigenvalue weighted by Crippen LogP contribution is 2.23. The first kappa shape index (κ1) is 11.5. The summed E-state index contributed by atoms with van der Waals surface area (Å²) in [5, 5.41) is 3.57. The smallest absolute Gasteiger partial charge is 0.123 e. The molecule has 0 amide bonds. The van der Waals surface area contributed by atoms with Crippen molar-refractivity contribution in [3.63, 3.8) is 0 Å². The molecule has 1 atom stereocenters. The molecule has 0 radical (unpaired) electrons. The van der Waals surface area contributed by atoms with E-state index in [1.165, 1.54) is 31.2 Å². The van der Waals surface area contributed by atoms with Crippen LogP contribution in [-0.4, -0.2) is 16.5 Å². The molecule has 1 aliphatic rings. The van der Waals surface area contributed by atoms with Crippen molar-refractivity contribution >= 4 is 0 Å². The lowest BCUT2D eigenvalue weighted by Gasteiger charge is -2.12. The molecule has 2 aromatic rings. The van der Waals surface area contributed by atoms with E-state index in [2.05, 4.69) is 39.6 Å². The number of hydrogen-bond donors (Lipinski definition) is 2. The topological polar surface area (TPSA) is 40.7 Å². The maximum Gasteiger partial charge on any atom is 0.123 e. The molecule has 0 saturated carbocycles. The van der Waals surface area contributed by atoms with Gasteiger partial charge in [-0.25, -0.2) is 4.98 Å². The highest BCUT2D eigenvalue weighted by Gasteiger charge is 2.16. The molecule has 18 heavy (non-hydrogen) atoms. The number of hydrogen-bond acceptors (Lipinski definition) is 2. The van der Waals surface area contributed by atoms with E-state index in [4.69, 9.17) is 0 Å². The van der Waals surface area contributed by atoms with E-state index in [0.717, 1.165) is 18.1 Å². The van der Waals surface area contributed by atoms with Gasteiger partial charge in [0.25, 0.3) is 0 Å². The fourth-order valence-electron chi connectivity index (χ4n) is 2.54. The molecule has 3 heteroatoms. The van der Waals surface area contributed by atoms with Gasteiger partial charge < -0.3 is 10.3 Å². The number of aromatic nitrogens is 2. The predicted octanol–water partition coefficient (Wildman–Crippen LogP) is 3.28. The minimum Gasteiger partial charge on any atom is -0.341 e. The Kier molecular flexibility index (Phi) is 3.42. The van der Waals surface area contributed by atoms with E-state index in [1.807, 2.05) is 12.3 Å². The van der Waals surface area contributed by atoms with Crippen molar-refractivity contribution < 1.29 is 0 Å². The number of imidazole rings is 1. The van der Waals surface area contributed by atoms with Crippen LogP contribution in [0.1, 0.15) is 37.5 Å². The largest absolute Gasteiger partial charge is 0.341 e. The van der Waals surface area contributed by atoms with Gasteiger partial charge >= 0.3 is 0 Å². The number of rotatable bonds is 2. The molecule has 0 aliphatic carbocycles. The van der Waals surface area contributed by atoms with Crippen LogP contribution in [0.3, 0.4) is 0 Å². The number of benzene rings is 1. The molecule has 0 bridgehead atoms. The van der Waals surface area contributed by atoms with Crippen molar-refractivity contribution in [3.05, 3.63) is 42.4 Å². The average Bonchev–Trinajstić information content (AvgIpc) is 2.76. The Labute approximate surface area is 108 Å². The predicted molar refractivity (Wildman–Crippen MR) is 73.2 cm³/mol. The standard InChI is InChI=1S/C15H19N3/c1-3-7-12(8-4-1)14-11-17-15(18-14)13-9-5-2-6-10-16-13/h1,3-4,7-8,11,13,16H,2,5-6,9-10H2,(H,17,18). The first-order chi connectivity index (χ1) is 8.93. The highest BCUT2D eigenvalue weighted by atomic mass is 15.0. The second kappa shape index (κ2) is 5.36. The van der Waals surface area contributed by atoms with Crippen molar-refractivity contribution in [2.24, 2.45) is 0 Å². The lowest BCUT2D eigenvalue weighted by Crippen LogP contribution is -2.21. The Morgan fingerprint density at radius 1 is 1.06 bits per heavy atom. The van der Waals surface area contributed by atoms with Crippen LogP contribution in [0.2, 0.25) is 0 Å². The van der Waals surface area contributed by atoms with E-state index in [1.54, 1.807) is 0 Å². The van der Waals surface area contributed by atoms with Gasteiger partial charge in [-0.3, -0.25) is 0 Å². The second-order valence-corrected chi connectivity index (χ2v) is 4.90. The van der Waals surface area contributed by atoms with Gasteiger partial charge in [-0.1, -0.05) is 43.2 Å². The summed E-state index contributed by atoms with van der Waals surface area (Å²) in [6.45, 7) is 1.10. The lowest BCUT2D eigenvalue weighted by molar-refractivity contribution is 0.512. The summed E-state index contributed by atoms with van der Waals surface area (Å²) >= 11 is 0. The molecule has 1 fully saturated rings. The summed E-state index contributed by atoms with van der Waals surface area (Å²) in [5.41, 5.74) is 2.31. The summed E-state index contributed by atoms with van der Waals surface area (Å²) in [6, 6.07) is 10.8. The van der Waals surface area contributed by atoms with Gasteiger partial charge in [-0.2, -0.15) is 0 Å². The third-order valence-corrected chi connectivity index (χ3v) is 3.57. The van der Waals surface area contributed by atoms with Crippen LogP contribution in [0.5, 0.6) is 0 Å². The molecule has 3 nitrogen and oxygen atoms in total. The van der Waals surface area contributed by atoms with E-state index in [9.17, 15) is 0 Å². The Morgan fingerprint density at radius 3 is 2.83 bits per heavy atom. The maximum atomic E-state index is 4.54. The van der Waals surface area contributed by atoms with E-state index in [0.29, 0.717) is 6.04 Å². The van der Waals surface area contributed by atoms with E-state index >= 15 is 0 Å². The molecule has 2 N–H and O–H groups in total. The normalized spacial score (nSPS) is 20.6. The average molecular weight is 241 g/mol. The SMILES string of the molecule is c1ccc(-c2cnc(C3CCCCCN3)[nH]2)cc1. The maximum absolute atomic E-state index is 4.54. The van der Waals surface area contributed by atoms with Crippen LogP contribution in [0.4, 0.5) is 0 Å². The van der Waals surface area contributed by atoms with Crippen molar-refractivity contribution in [3.8, 4) is 11.3 Å². The first-order valence-corrected chi connectivity index (χ1v) is 6.77. The van der Waals surface area contributed by atoms with Crippen LogP contribution >= 0.6 is 0 Å². The summed E-state index contributed by atoms with van der Waals surface area (Å²) in [6.07, 6.45) is 7.02. The van der Waals surface area contributed by atoms with Crippen molar-refractivity contribution in [2.45, 2.75) is 31.7 Å². The zero-order chi connectivity index (χ0) is 12.2. The fraction of sp³-hybridized carbons (Fsp3) is 0.400. The number of nitrogens with one attached hydrogen (secondary N) is 2. The molecule has 1 unspecified atom stereocenters. The molecule has 94 valence electrons. The fourth-order valence-corrected chi connectivity index (χ4v) is 2.54. The molecule has 1 aromatic heterocycles. The van der Waals surface area contributed by atoms with Crippen molar-refractivity contribution in [2.75, 3.05) is 6.54 Å². The summed E-state index contributed by atoms with van der Waals surface area (Å²) in [5.74, 6) is 1.08. The van der Waals surface area contributed by atoms with Crippen LogP contribution < -0.4 is 5.32 Å². The lowest BCUT2D eigenvalue weighted by atomic mass is 10.1. The molecule has 1 aliphatic heterocycles. The summed E-state index contributed by atoms with van der Waals surface area (Å²) < 4.78 is 0. The van der Waals surface area contributed by atoms with Crippen LogP contribution in [0.15, 0.2) is 36.5 Å². The second-order valence-electron chi connectivity index (χ2n) is 4.90. The Balaban J connectivity index is 1.80. The molecular formula is C15H19N3. The zero-order valence-corrected chi connectivity index (χ0v) is 10.5. The van der Waals surface area contributed by atoms with Crippen molar-refractivity contribution in [1.29, 1.82) is 0 Å². The van der Waals surface area contributed by atoms with Gasteiger partial charge in [-0.15, -0.1) is 0 Å². The van der Waals surface area contributed by atoms with Gasteiger partial charge in [0, 0.05) is 0 Å². The third kappa shape index (κ3) is 2.46.